The Bertz CT molecular complexity index is 671. The van der Waals surface area contributed by atoms with Crippen molar-refractivity contribution < 1.29 is 14.3 Å². The third-order valence-electron chi connectivity index (χ3n) is 3.53. The number of amides is 1. The van der Waals surface area contributed by atoms with E-state index in [0.717, 1.165) is 11.3 Å². The Labute approximate surface area is 134 Å². The van der Waals surface area contributed by atoms with E-state index in [1.54, 1.807) is 13.8 Å². The van der Waals surface area contributed by atoms with E-state index in [1.165, 1.54) is 19.5 Å². The van der Waals surface area contributed by atoms with Gasteiger partial charge in [0.25, 0.3) is 5.91 Å². The largest absolute Gasteiger partial charge is 0.469 e. The summed E-state index contributed by atoms with van der Waals surface area (Å²) in [5.41, 5.74) is 1.75. The maximum Gasteiger partial charge on any atom is 0.310 e. The van der Waals surface area contributed by atoms with E-state index < -0.39 is 17.9 Å². The molecule has 0 saturated heterocycles. The molecule has 6 heteroatoms. The second-order valence-corrected chi connectivity index (χ2v) is 5.22. The molecule has 0 aliphatic rings. The van der Waals surface area contributed by atoms with Crippen molar-refractivity contribution in [1.82, 2.24) is 15.3 Å². The average molecular weight is 313 g/mol. The Morgan fingerprint density at radius 1 is 1.13 bits per heavy atom. The number of aromatic nitrogens is 2. The lowest BCUT2D eigenvalue weighted by Gasteiger charge is -2.23. The second kappa shape index (κ2) is 7.49. The van der Waals surface area contributed by atoms with Crippen LogP contribution in [-0.2, 0) is 9.53 Å². The standard InChI is InChI=1S/C17H19N3O3/c1-11-9-19-14(10-18-11)16(21)20-15(12(2)17(22)23-3)13-7-5-4-6-8-13/h4-10,12,15H,1-3H3,(H,20,21)/t12-,15-/m0/s1. The zero-order chi connectivity index (χ0) is 16.8. The highest BCUT2D eigenvalue weighted by Gasteiger charge is 2.28. The van der Waals surface area contributed by atoms with Gasteiger partial charge in [-0.2, -0.15) is 0 Å². The molecule has 0 aliphatic heterocycles. The van der Waals surface area contributed by atoms with Gasteiger partial charge >= 0.3 is 5.97 Å². The van der Waals surface area contributed by atoms with Crippen LogP contribution in [0.1, 0.15) is 34.7 Å². The molecule has 120 valence electrons. The van der Waals surface area contributed by atoms with Gasteiger partial charge in [-0.15, -0.1) is 0 Å². The first-order valence-corrected chi connectivity index (χ1v) is 7.25. The van der Waals surface area contributed by atoms with Gasteiger partial charge in [-0.1, -0.05) is 30.3 Å². The summed E-state index contributed by atoms with van der Waals surface area (Å²) in [7, 11) is 1.33. The normalized spacial score (nSPS) is 13.0. The Morgan fingerprint density at radius 3 is 2.39 bits per heavy atom. The first-order chi connectivity index (χ1) is 11.0. The van der Waals surface area contributed by atoms with Crippen LogP contribution in [0.3, 0.4) is 0 Å². The van der Waals surface area contributed by atoms with Crippen LogP contribution >= 0.6 is 0 Å². The predicted molar refractivity (Wildman–Crippen MR) is 84.6 cm³/mol. The number of nitrogens with zero attached hydrogens (tertiary/aromatic N) is 2. The molecule has 1 amide bonds. The zero-order valence-electron chi connectivity index (χ0n) is 13.3. The van der Waals surface area contributed by atoms with Gasteiger partial charge in [0.05, 0.1) is 31.0 Å². The fraction of sp³-hybridized carbons (Fsp3) is 0.294. The molecule has 0 radical (unpaired) electrons. The SMILES string of the molecule is COC(=O)[C@@H](C)[C@H](NC(=O)c1cnc(C)cn1)c1ccccc1. The molecule has 0 saturated carbocycles. The third-order valence-corrected chi connectivity index (χ3v) is 3.53. The fourth-order valence-electron chi connectivity index (χ4n) is 2.20. The highest BCUT2D eigenvalue weighted by Crippen LogP contribution is 2.23. The fourth-order valence-corrected chi connectivity index (χ4v) is 2.20. The van der Waals surface area contributed by atoms with Crippen LogP contribution in [-0.4, -0.2) is 29.0 Å². The number of hydrogen-bond donors (Lipinski definition) is 1. The van der Waals surface area contributed by atoms with E-state index in [0.29, 0.717) is 0 Å². The summed E-state index contributed by atoms with van der Waals surface area (Å²) in [6.07, 6.45) is 2.94. The van der Waals surface area contributed by atoms with Gasteiger partial charge in [0.2, 0.25) is 0 Å². The van der Waals surface area contributed by atoms with Crippen molar-refractivity contribution in [1.29, 1.82) is 0 Å². The summed E-state index contributed by atoms with van der Waals surface area (Å²) >= 11 is 0. The first-order valence-electron chi connectivity index (χ1n) is 7.25. The van der Waals surface area contributed by atoms with Crippen molar-refractivity contribution in [3.63, 3.8) is 0 Å². The van der Waals surface area contributed by atoms with Crippen LogP contribution in [0, 0.1) is 12.8 Å². The number of hydrogen-bond acceptors (Lipinski definition) is 5. The van der Waals surface area contributed by atoms with Crippen molar-refractivity contribution in [2.75, 3.05) is 7.11 Å². The molecule has 1 aromatic carbocycles. The van der Waals surface area contributed by atoms with Crippen LogP contribution in [0.5, 0.6) is 0 Å². The summed E-state index contributed by atoms with van der Waals surface area (Å²) in [4.78, 5) is 32.4. The van der Waals surface area contributed by atoms with Crippen LogP contribution in [0.2, 0.25) is 0 Å². The number of ether oxygens (including phenoxy) is 1. The van der Waals surface area contributed by atoms with Gasteiger partial charge in [0.15, 0.2) is 0 Å². The van der Waals surface area contributed by atoms with Gasteiger partial charge < -0.3 is 10.1 Å². The van der Waals surface area contributed by atoms with Crippen molar-refractivity contribution in [3.05, 3.63) is 59.7 Å². The maximum atomic E-state index is 12.4. The molecule has 1 aromatic heterocycles. The molecule has 2 rings (SSSR count). The lowest BCUT2D eigenvalue weighted by Crippen LogP contribution is -2.36. The number of carbonyl (C=O) groups excluding carboxylic acids is 2. The Hall–Kier alpha value is -2.76. The number of esters is 1. The number of carbonyl (C=O) groups is 2. The molecule has 1 heterocycles. The molecular weight excluding hydrogens is 294 g/mol. The molecule has 1 N–H and O–H groups in total. The first kappa shape index (κ1) is 16.6. The highest BCUT2D eigenvalue weighted by atomic mass is 16.5. The molecule has 2 aromatic rings. The van der Waals surface area contributed by atoms with E-state index in [4.69, 9.17) is 4.74 Å². The topological polar surface area (TPSA) is 81.2 Å². The zero-order valence-corrected chi connectivity index (χ0v) is 13.3. The molecule has 0 spiro atoms. The summed E-state index contributed by atoms with van der Waals surface area (Å²) in [5, 5.41) is 2.84. The number of methoxy groups -OCH3 is 1. The minimum Gasteiger partial charge on any atom is -0.469 e. The van der Waals surface area contributed by atoms with E-state index in [-0.39, 0.29) is 11.6 Å². The minimum absolute atomic E-state index is 0.202. The lowest BCUT2D eigenvalue weighted by atomic mass is 9.94. The summed E-state index contributed by atoms with van der Waals surface area (Å²) in [6.45, 7) is 3.51. The molecule has 23 heavy (non-hydrogen) atoms. The van der Waals surface area contributed by atoms with Gasteiger partial charge in [0.1, 0.15) is 5.69 Å². The molecule has 0 aliphatic carbocycles. The number of benzene rings is 1. The predicted octanol–water partition coefficient (Wildman–Crippen LogP) is 2.07. The maximum absolute atomic E-state index is 12.4. The Morgan fingerprint density at radius 2 is 1.83 bits per heavy atom. The van der Waals surface area contributed by atoms with Crippen molar-refractivity contribution in [2.24, 2.45) is 5.92 Å². The van der Waals surface area contributed by atoms with Gasteiger partial charge in [-0.05, 0) is 19.4 Å². The van der Waals surface area contributed by atoms with Gasteiger partial charge in [-0.25, -0.2) is 4.98 Å². The molecular formula is C17H19N3O3. The van der Waals surface area contributed by atoms with Crippen LogP contribution in [0.15, 0.2) is 42.7 Å². The number of nitrogens with one attached hydrogen (secondary N) is 1. The molecule has 0 fully saturated rings. The van der Waals surface area contributed by atoms with Crippen LogP contribution in [0.4, 0.5) is 0 Å². The molecule has 0 unspecified atom stereocenters. The van der Waals surface area contributed by atoms with Crippen molar-refractivity contribution >= 4 is 11.9 Å². The molecule has 0 bridgehead atoms. The van der Waals surface area contributed by atoms with Crippen LogP contribution in [0.25, 0.3) is 0 Å². The highest BCUT2D eigenvalue weighted by molar-refractivity contribution is 5.92. The monoisotopic (exact) mass is 313 g/mol. The summed E-state index contributed by atoms with van der Waals surface area (Å²) < 4.78 is 4.80. The quantitative estimate of drug-likeness (QED) is 0.855. The Kier molecular flexibility index (Phi) is 5.41. The molecule has 6 nitrogen and oxygen atoms in total. The average Bonchev–Trinajstić information content (AvgIpc) is 2.59. The van der Waals surface area contributed by atoms with Crippen molar-refractivity contribution in [3.8, 4) is 0 Å². The Balaban J connectivity index is 2.25. The van der Waals surface area contributed by atoms with Crippen molar-refractivity contribution in [2.45, 2.75) is 19.9 Å². The second-order valence-electron chi connectivity index (χ2n) is 5.22. The summed E-state index contributed by atoms with van der Waals surface area (Å²) in [6, 6.07) is 8.76. The van der Waals surface area contributed by atoms with E-state index in [1.807, 2.05) is 30.3 Å². The van der Waals surface area contributed by atoms with E-state index in [9.17, 15) is 9.59 Å². The third kappa shape index (κ3) is 4.12. The van der Waals surface area contributed by atoms with E-state index in [2.05, 4.69) is 15.3 Å². The van der Waals surface area contributed by atoms with Gasteiger partial charge in [-0.3, -0.25) is 14.6 Å². The minimum atomic E-state index is -0.537. The summed E-state index contributed by atoms with van der Waals surface area (Å²) in [5.74, 6) is -1.32. The van der Waals surface area contributed by atoms with Gasteiger partial charge in [0, 0.05) is 6.20 Å². The number of aryl methyl sites for hydroxylation is 1. The molecule has 2 atom stereocenters. The smallest absolute Gasteiger partial charge is 0.310 e. The van der Waals surface area contributed by atoms with E-state index >= 15 is 0 Å². The van der Waals surface area contributed by atoms with Crippen LogP contribution < -0.4 is 5.32 Å². The lowest BCUT2D eigenvalue weighted by molar-refractivity contribution is -0.145. The number of rotatable bonds is 5.